The van der Waals surface area contributed by atoms with E-state index in [1.807, 2.05) is 12.2 Å². The van der Waals surface area contributed by atoms with Crippen LogP contribution in [-0.4, -0.2) is 19.4 Å². The maximum atomic E-state index is 2.99. The molecule has 0 aliphatic heterocycles. The van der Waals surface area contributed by atoms with Gasteiger partial charge in [0.2, 0.25) is 0 Å². The first-order chi connectivity index (χ1) is 15.1. The number of rotatable bonds is 2. The van der Waals surface area contributed by atoms with E-state index in [4.69, 9.17) is 0 Å². The van der Waals surface area contributed by atoms with Gasteiger partial charge < -0.3 is 0 Å². The molecule has 0 unspecified atom stereocenters. The second-order valence-electron chi connectivity index (χ2n) is 11.1. The van der Waals surface area contributed by atoms with Gasteiger partial charge in [-0.2, -0.15) is 6.08 Å². The van der Waals surface area contributed by atoms with Crippen molar-refractivity contribution in [3.05, 3.63) is 66.8 Å². The molecule has 3 heteroatoms. The average Bonchev–Trinajstić information content (AvgIpc) is 3.49. The third-order valence-corrected chi connectivity index (χ3v) is 11.5. The van der Waals surface area contributed by atoms with Gasteiger partial charge in [-0.1, -0.05) is 73.9 Å². The second kappa shape index (κ2) is 10.9. The Bertz CT molecular complexity index is 1050. The van der Waals surface area contributed by atoms with E-state index in [0.717, 1.165) is 6.42 Å². The topological polar surface area (TPSA) is 0 Å². The predicted octanol–water partition coefficient (Wildman–Crippen LogP) is 7.39. The molecule has 0 saturated heterocycles. The van der Waals surface area contributed by atoms with Crippen molar-refractivity contribution in [2.45, 2.75) is 71.4 Å². The summed E-state index contributed by atoms with van der Waals surface area (Å²) in [6.07, 6.45) is 15.8. The Labute approximate surface area is 212 Å². The molecule has 2 aliphatic rings. The summed E-state index contributed by atoms with van der Waals surface area (Å²) in [7, 11) is -2.51. The Morgan fingerprint density at radius 2 is 1.28 bits per heavy atom. The van der Waals surface area contributed by atoms with Gasteiger partial charge in [0, 0.05) is 0 Å². The zero-order valence-corrected chi connectivity index (χ0v) is 25.3. The quantitative estimate of drug-likeness (QED) is 0.238. The SMILES string of the molecule is C[Si](C)(C)c1ccc2[cH-]c3ccc([Si](C)(C)C)cc3c2c1.[C-]1=CC=CC1.[Zr+2]=[C]1CCCC1. The van der Waals surface area contributed by atoms with E-state index < -0.39 is 16.1 Å². The van der Waals surface area contributed by atoms with Crippen molar-refractivity contribution in [3.63, 3.8) is 0 Å². The number of fused-ring (bicyclic) bond motifs is 3. The van der Waals surface area contributed by atoms with Gasteiger partial charge in [-0.3, -0.25) is 6.08 Å². The van der Waals surface area contributed by atoms with Crippen molar-refractivity contribution in [2.75, 3.05) is 0 Å². The predicted molar refractivity (Wildman–Crippen MR) is 148 cm³/mol. The summed E-state index contributed by atoms with van der Waals surface area (Å²) in [6.45, 7) is 14.5. The fourth-order valence-corrected chi connectivity index (χ4v) is 7.26. The zero-order valence-electron chi connectivity index (χ0n) is 20.8. The molecular weight excluding hydrogens is 496 g/mol. The standard InChI is InChI=1S/C19H25Si2.C5H8.C5H5.Zr/c1-20(2,3)16-9-7-14-11-15-8-10-17(21(4,5)6)13-19(15)18(14)12-16;2*1-2-4-5-3-1;/h7-13H,1-6H3;1-4H2;1-3H,4H2;/q-1;;-1;+2. The van der Waals surface area contributed by atoms with Gasteiger partial charge in [-0.05, 0) is 0 Å². The molecule has 2 aliphatic carbocycles. The Hall–Kier alpha value is -1.02. The zero-order chi connectivity index (χ0) is 23.4. The molecule has 0 radical (unpaired) electrons. The van der Waals surface area contributed by atoms with Crippen LogP contribution in [0.3, 0.4) is 0 Å². The first-order valence-corrected chi connectivity index (χ1v) is 20.2. The second-order valence-corrected chi connectivity index (χ2v) is 23.0. The number of hydrogen-bond donors (Lipinski definition) is 0. The monoisotopic (exact) mass is 532 g/mol. The summed E-state index contributed by atoms with van der Waals surface area (Å²) >= 11 is 1.68. The van der Waals surface area contributed by atoms with E-state index in [-0.39, 0.29) is 0 Å². The minimum atomic E-state index is -1.25. The molecular formula is C29H38Si2Zr. The molecule has 3 aromatic rings. The van der Waals surface area contributed by atoms with Gasteiger partial charge in [-0.15, -0.1) is 46.2 Å². The molecule has 0 spiro atoms. The molecule has 3 aromatic carbocycles. The molecule has 0 N–H and O–H groups in total. The third kappa shape index (κ3) is 6.99. The molecule has 0 atom stereocenters. The van der Waals surface area contributed by atoms with E-state index in [1.54, 1.807) is 37.8 Å². The number of allylic oxidation sites excluding steroid dienone is 4. The first-order valence-electron chi connectivity index (χ1n) is 12.0. The van der Waals surface area contributed by atoms with Gasteiger partial charge in [0.1, 0.15) is 0 Å². The van der Waals surface area contributed by atoms with Crippen molar-refractivity contribution in [1.82, 2.24) is 0 Å². The Morgan fingerprint density at radius 3 is 1.56 bits per heavy atom. The van der Waals surface area contributed by atoms with Crippen LogP contribution in [-0.2, 0) is 24.2 Å². The molecule has 1 fully saturated rings. The fourth-order valence-electron chi connectivity index (χ4n) is 4.07. The van der Waals surface area contributed by atoms with Crippen LogP contribution in [0.25, 0.3) is 21.5 Å². The molecule has 0 amide bonds. The van der Waals surface area contributed by atoms with E-state index >= 15 is 0 Å². The molecule has 32 heavy (non-hydrogen) atoms. The summed E-state index contributed by atoms with van der Waals surface area (Å²) in [6, 6.07) is 16.6. The number of hydrogen-bond acceptors (Lipinski definition) is 0. The van der Waals surface area contributed by atoms with Crippen LogP contribution in [0.1, 0.15) is 32.1 Å². The Kier molecular flexibility index (Phi) is 8.75. The average molecular weight is 534 g/mol. The molecule has 1 saturated carbocycles. The van der Waals surface area contributed by atoms with Crippen LogP contribution in [0.15, 0.2) is 60.7 Å². The van der Waals surface area contributed by atoms with E-state index in [0.29, 0.717) is 0 Å². The molecule has 166 valence electrons. The third-order valence-electron chi connectivity index (χ3n) is 6.23. The first kappa shape index (κ1) is 25.6. The molecule has 5 rings (SSSR count). The van der Waals surface area contributed by atoms with Gasteiger partial charge in [0.05, 0.1) is 16.1 Å². The van der Waals surface area contributed by atoms with Crippen LogP contribution in [0.4, 0.5) is 0 Å². The summed E-state index contributed by atoms with van der Waals surface area (Å²) in [4.78, 5) is 0. The Balaban J connectivity index is 0.000000213. The summed E-state index contributed by atoms with van der Waals surface area (Å²) < 4.78 is 1.79. The van der Waals surface area contributed by atoms with Gasteiger partial charge in [0.15, 0.2) is 0 Å². The van der Waals surface area contributed by atoms with E-state index in [1.165, 1.54) is 47.2 Å². The van der Waals surface area contributed by atoms with E-state index in [2.05, 4.69) is 93.9 Å². The number of benzene rings is 2. The van der Waals surface area contributed by atoms with E-state index in [9.17, 15) is 0 Å². The summed E-state index contributed by atoms with van der Waals surface area (Å²) in [5.41, 5.74) is 0. The van der Waals surface area contributed by atoms with Crippen molar-refractivity contribution in [2.24, 2.45) is 0 Å². The fraction of sp³-hybridized carbons (Fsp3) is 0.379. The van der Waals surface area contributed by atoms with Crippen LogP contribution in [0.5, 0.6) is 0 Å². The normalized spacial score (nSPS) is 15.7. The van der Waals surface area contributed by atoms with Crippen LogP contribution in [0.2, 0.25) is 39.3 Å². The summed E-state index contributed by atoms with van der Waals surface area (Å²) in [5, 5.41) is 8.79. The van der Waals surface area contributed by atoms with Gasteiger partial charge in [-0.25, -0.2) is 12.2 Å². The van der Waals surface area contributed by atoms with Crippen molar-refractivity contribution in [3.8, 4) is 0 Å². The minimum absolute atomic E-state index is 1.01. The van der Waals surface area contributed by atoms with Crippen molar-refractivity contribution < 1.29 is 24.2 Å². The molecule has 0 bridgehead atoms. The maximum absolute atomic E-state index is 2.99. The van der Waals surface area contributed by atoms with Crippen LogP contribution < -0.4 is 10.4 Å². The molecule has 0 aromatic heterocycles. The van der Waals surface area contributed by atoms with Crippen molar-refractivity contribution in [1.29, 1.82) is 0 Å². The molecule has 0 heterocycles. The van der Waals surface area contributed by atoms with Crippen molar-refractivity contribution >= 4 is 51.3 Å². The summed E-state index contributed by atoms with van der Waals surface area (Å²) in [5.74, 6) is 0. The van der Waals surface area contributed by atoms with Gasteiger partial charge in [0.25, 0.3) is 0 Å². The van der Waals surface area contributed by atoms with Crippen LogP contribution >= 0.6 is 0 Å². The Morgan fingerprint density at radius 1 is 0.781 bits per heavy atom. The molecule has 0 nitrogen and oxygen atoms in total. The van der Waals surface area contributed by atoms with Crippen LogP contribution in [0, 0.1) is 6.08 Å². The van der Waals surface area contributed by atoms with Gasteiger partial charge >= 0.3 is 53.1 Å².